The minimum atomic E-state index is -3.88. The van der Waals surface area contributed by atoms with Crippen molar-refractivity contribution in [3.63, 3.8) is 0 Å². The molecule has 1 amide bonds. The van der Waals surface area contributed by atoms with Crippen LogP contribution in [0.3, 0.4) is 0 Å². The van der Waals surface area contributed by atoms with Crippen molar-refractivity contribution < 1.29 is 17.6 Å². The first-order chi connectivity index (χ1) is 16.7. The number of benzene rings is 1. The van der Waals surface area contributed by atoms with Gasteiger partial charge in [-0.3, -0.25) is 4.79 Å². The number of hydrogen-bond donors (Lipinski definition) is 1. The Labute approximate surface area is 209 Å². The van der Waals surface area contributed by atoms with E-state index in [2.05, 4.69) is 15.3 Å². The van der Waals surface area contributed by atoms with Gasteiger partial charge in [0, 0.05) is 18.5 Å². The molecule has 35 heavy (non-hydrogen) atoms. The summed E-state index contributed by atoms with van der Waals surface area (Å²) in [6.07, 6.45) is 9.76. The lowest BCUT2D eigenvalue weighted by molar-refractivity contribution is -0.124. The van der Waals surface area contributed by atoms with Gasteiger partial charge >= 0.3 is 0 Å². The van der Waals surface area contributed by atoms with Crippen molar-refractivity contribution in [1.29, 1.82) is 0 Å². The van der Waals surface area contributed by atoms with Crippen LogP contribution in [0.2, 0.25) is 5.02 Å². The second-order valence-electron chi connectivity index (χ2n) is 11.0. The van der Waals surface area contributed by atoms with E-state index >= 15 is 0 Å². The van der Waals surface area contributed by atoms with E-state index in [0.29, 0.717) is 24.4 Å². The third-order valence-electron chi connectivity index (χ3n) is 8.46. The van der Waals surface area contributed by atoms with E-state index in [1.165, 1.54) is 36.0 Å². The van der Waals surface area contributed by atoms with Crippen molar-refractivity contribution in [2.24, 2.45) is 23.2 Å². The van der Waals surface area contributed by atoms with E-state index in [0.717, 1.165) is 54.7 Å². The molecule has 4 saturated carbocycles. The van der Waals surface area contributed by atoms with Crippen molar-refractivity contribution in [2.45, 2.75) is 62.8 Å². The first kappa shape index (κ1) is 23.3. The molecule has 1 N–H and O–H groups in total. The molecule has 0 radical (unpaired) electrons. The van der Waals surface area contributed by atoms with Crippen LogP contribution in [0.25, 0.3) is 0 Å². The Kier molecular flexibility index (Phi) is 5.65. The second-order valence-corrected chi connectivity index (χ2v) is 13.3. The third-order valence-corrected chi connectivity index (χ3v) is 10.6. The van der Waals surface area contributed by atoms with Gasteiger partial charge in [0.1, 0.15) is 18.0 Å². The molecule has 4 aliphatic carbocycles. The number of carbonyl (C=O) groups excluding carboxylic acids is 1. The van der Waals surface area contributed by atoms with E-state index < -0.39 is 15.8 Å². The number of halogens is 2. The monoisotopic (exact) mass is 518 g/mol. The molecular formula is C25H28ClFN4O3S. The van der Waals surface area contributed by atoms with Crippen LogP contribution >= 0.6 is 11.6 Å². The SMILES string of the molecule is O=C(CC12CC3CC(CC(C3)C1)C2)Nc1ncnc2c1CCN(S(=O)(=O)c1ccc(F)c(Cl)c1)C2. The largest absolute Gasteiger partial charge is 0.310 e. The van der Waals surface area contributed by atoms with Gasteiger partial charge in [-0.05, 0) is 86.3 Å². The highest BCUT2D eigenvalue weighted by atomic mass is 35.5. The molecule has 1 aliphatic heterocycles. The Morgan fingerprint density at radius 1 is 1.14 bits per heavy atom. The summed E-state index contributed by atoms with van der Waals surface area (Å²) in [5.41, 5.74) is 1.47. The van der Waals surface area contributed by atoms with Crippen molar-refractivity contribution in [1.82, 2.24) is 14.3 Å². The molecule has 5 aliphatic rings. The molecule has 7 rings (SSSR count). The number of aromatic nitrogens is 2. The molecule has 0 spiro atoms. The predicted molar refractivity (Wildman–Crippen MR) is 129 cm³/mol. The second kappa shape index (κ2) is 8.49. The molecule has 0 atom stereocenters. The Hall–Kier alpha value is -2.10. The summed E-state index contributed by atoms with van der Waals surface area (Å²) < 4.78 is 41.0. The molecule has 4 fully saturated rings. The number of sulfonamides is 1. The fourth-order valence-corrected chi connectivity index (χ4v) is 9.13. The zero-order valence-electron chi connectivity index (χ0n) is 19.3. The molecule has 10 heteroatoms. The normalized spacial score (nSPS) is 29.7. The lowest BCUT2D eigenvalue weighted by Crippen LogP contribution is -2.47. The summed E-state index contributed by atoms with van der Waals surface area (Å²) in [7, 11) is -3.88. The van der Waals surface area contributed by atoms with Crippen LogP contribution in [0.1, 0.15) is 56.2 Å². The zero-order valence-corrected chi connectivity index (χ0v) is 20.9. The van der Waals surface area contributed by atoms with E-state index in [4.69, 9.17) is 11.6 Å². The highest BCUT2D eigenvalue weighted by Gasteiger charge is 2.51. The van der Waals surface area contributed by atoms with Crippen molar-refractivity contribution in [3.05, 3.63) is 46.6 Å². The zero-order chi connectivity index (χ0) is 24.4. The van der Waals surface area contributed by atoms with Gasteiger partial charge in [0.2, 0.25) is 15.9 Å². The van der Waals surface area contributed by atoms with Crippen LogP contribution in [0.15, 0.2) is 29.4 Å². The molecule has 7 nitrogen and oxygen atoms in total. The summed E-state index contributed by atoms with van der Waals surface area (Å²) >= 11 is 5.80. The Morgan fingerprint density at radius 3 is 2.49 bits per heavy atom. The van der Waals surface area contributed by atoms with Crippen molar-refractivity contribution in [2.75, 3.05) is 11.9 Å². The molecule has 0 unspecified atom stereocenters. The summed E-state index contributed by atoms with van der Waals surface area (Å²) in [6, 6.07) is 3.38. The first-order valence-electron chi connectivity index (χ1n) is 12.3. The molecule has 1 aromatic heterocycles. The Bertz CT molecular complexity index is 1270. The molecule has 186 valence electrons. The summed E-state index contributed by atoms with van der Waals surface area (Å²) in [4.78, 5) is 21.7. The van der Waals surface area contributed by atoms with Gasteiger partial charge in [0.05, 0.1) is 22.2 Å². The van der Waals surface area contributed by atoms with Crippen LogP contribution in [0.4, 0.5) is 10.2 Å². The molecule has 4 bridgehead atoms. The van der Waals surface area contributed by atoms with Crippen LogP contribution in [-0.4, -0.2) is 35.1 Å². The number of nitrogens with zero attached hydrogens (tertiary/aromatic N) is 3. The van der Waals surface area contributed by atoms with E-state index in [1.807, 2.05) is 0 Å². The molecule has 1 aromatic carbocycles. The average molecular weight is 519 g/mol. The molecular weight excluding hydrogens is 491 g/mol. The standard InChI is InChI=1S/C25H28ClFN4O3S/c26-20-8-18(1-2-21(20)27)35(33,34)31-4-3-19-22(13-31)28-14-29-24(19)30-23(32)12-25-9-15-5-16(10-25)7-17(6-15)11-25/h1-2,8,14-17H,3-7,9-13H2,(H,28,29,30,32). The van der Waals surface area contributed by atoms with Crippen LogP contribution in [0.5, 0.6) is 0 Å². The summed E-state index contributed by atoms with van der Waals surface area (Å²) in [5.74, 6) is 2.14. The number of rotatable bonds is 5. The number of carbonyl (C=O) groups is 1. The number of anilines is 1. The lowest BCUT2D eigenvalue weighted by atomic mass is 9.49. The smallest absolute Gasteiger partial charge is 0.243 e. The minimum Gasteiger partial charge on any atom is -0.310 e. The fraction of sp³-hybridized carbons (Fsp3) is 0.560. The quantitative estimate of drug-likeness (QED) is 0.626. The van der Waals surface area contributed by atoms with Gasteiger partial charge in [0.15, 0.2) is 0 Å². The predicted octanol–water partition coefficient (Wildman–Crippen LogP) is 4.56. The van der Waals surface area contributed by atoms with Gasteiger partial charge in [0.25, 0.3) is 0 Å². The molecule has 2 aromatic rings. The summed E-state index contributed by atoms with van der Waals surface area (Å²) in [6.45, 7) is 0.253. The van der Waals surface area contributed by atoms with E-state index in [-0.39, 0.29) is 34.3 Å². The minimum absolute atomic E-state index is 0.0103. The van der Waals surface area contributed by atoms with Crippen LogP contribution in [-0.2, 0) is 27.8 Å². The number of hydrogen-bond acceptors (Lipinski definition) is 5. The van der Waals surface area contributed by atoms with E-state index in [9.17, 15) is 17.6 Å². The third kappa shape index (κ3) is 4.25. The maximum atomic E-state index is 13.5. The maximum Gasteiger partial charge on any atom is 0.243 e. The fourth-order valence-electron chi connectivity index (χ4n) is 7.45. The van der Waals surface area contributed by atoms with Gasteiger partial charge in [-0.25, -0.2) is 22.8 Å². The van der Waals surface area contributed by atoms with Crippen molar-refractivity contribution >= 4 is 33.3 Å². The van der Waals surface area contributed by atoms with Gasteiger partial charge in [-0.15, -0.1) is 0 Å². The number of nitrogens with one attached hydrogen (secondary N) is 1. The average Bonchev–Trinajstić information content (AvgIpc) is 2.79. The molecule has 2 heterocycles. The first-order valence-corrected chi connectivity index (χ1v) is 14.1. The lowest BCUT2D eigenvalue weighted by Gasteiger charge is -2.56. The topological polar surface area (TPSA) is 92.3 Å². The number of amides is 1. The van der Waals surface area contributed by atoms with Gasteiger partial charge in [-0.2, -0.15) is 4.31 Å². The summed E-state index contributed by atoms with van der Waals surface area (Å²) in [5, 5.41) is 2.79. The van der Waals surface area contributed by atoms with Crippen LogP contribution in [0, 0.1) is 29.0 Å². The Balaban J connectivity index is 1.17. The maximum absolute atomic E-state index is 13.5. The highest BCUT2D eigenvalue weighted by Crippen LogP contribution is 2.61. The molecule has 0 saturated heterocycles. The van der Waals surface area contributed by atoms with Crippen LogP contribution < -0.4 is 5.32 Å². The van der Waals surface area contributed by atoms with E-state index in [1.54, 1.807) is 0 Å². The Morgan fingerprint density at radius 2 is 1.83 bits per heavy atom. The van der Waals surface area contributed by atoms with Crippen molar-refractivity contribution in [3.8, 4) is 0 Å². The van der Waals surface area contributed by atoms with Gasteiger partial charge < -0.3 is 5.32 Å². The van der Waals surface area contributed by atoms with Gasteiger partial charge in [-0.1, -0.05) is 11.6 Å². The number of fused-ring (bicyclic) bond motifs is 1. The highest BCUT2D eigenvalue weighted by molar-refractivity contribution is 7.89.